The van der Waals surface area contributed by atoms with Gasteiger partial charge in [0, 0.05) is 18.5 Å². The van der Waals surface area contributed by atoms with E-state index in [1.807, 2.05) is 12.3 Å². The lowest BCUT2D eigenvalue weighted by molar-refractivity contribution is 0.102. The minimum atomic E-state index is -3.62. The number of nitrogens with zero attached hydrogens (tertiary/aromatic N) is 2. The van der Waals surface area contributed by atoms with Crippen molar-refractivity contribution in [2.24, 2.45) is 0 Å². The molecule has 0 unspecified atom stereocenters. The predicted molar refractivity (Wildman–Crippen MR) is 91.7 cm³/mol. The second-order valence-corrected chi connectivity index (χ2v) is 9.01. The Balaban J connectivity index is 1.85. The van der Waals surface area contributed by atoms with Gasteiger partial charge in [0.05, 0.1) is 5.69 Å². The maximum absolute atomic E-state index is 12.8. The number of hydrogen-bond acceptors (Lipinski definition) is 6. The Morgan fingerprint density at radius 3 is 2.65 bits per heavy atom. The fourth-order valence-corrected chi connectivity index (χ4v) is 5.97. The average molecular weight is 372 g/mol. The Bertz CT molecular complexity index is 804. The highest BCUT2D eigenvalue weighted by atomic mass is 32.2. The van der Waals surface area contributed by atoms with Crippen LogP contribution in [0.15, 0.2) is 21.7 Å². The third-order valence-corrected chi connectivity index (χ3v) is 7.47. The van der Waals surface area contributed by atoms with E-state index in [4.69, 9.17) is 0 Å². The monoisotopic (exact) mass is 371 g/mol. The summed E-state index contributed by atoms with van der Waals surface area (Å²) in [7, 11) is -3.62. The van der Waals surface area contributed by atoms with Crippen molar-refractivity contribution in [3.63, 3.8) is 0 Å². The first-order valence-electron chi connectivity index (χ1n) is 7.29. The molecule has 0 bridgehead atoms. The average Bonchev–Trinajstić information content (AvgIpc) is 3.17. The van der Waals surface area contributed by atoms with Crippen molar-refractivity contribution in [2.75, 3.05) is 18.4 Å². The molecular weight excluding hydrogens is 354 g/mol. The van der Waals surface area contributed by atoms with Crippen LogP contribution in [-0.4, -0.2) is 36.7 Å². The number of carbonyl (C=O) groups is 1. The molecule has 3 heterocycles. The van der Waals surface area contributed by atoms with Crippen LogP contribution in [-0.2, 0) is 10.0 Å². The molecule has 1 saturated heterocycles. The number of carbonyl (C=O) groups excluding carboxylic acids is 1. The molecule has 1 aliphatic rings. The summed E-state index contributed by atoms with van der Waals surface area (Å²) >= 11 is 2.45. The lowest BCUT2D eigenvalue weighted by Gasteiger charge is -2.25. The van der Waals surface area contributed by atoms with Gasteiger partial charge in [-0.25, -0.2) is 13.4 Å². The highest BCUT2D eigenvalue weighted by Gasteiger charge is 2.31. The summed E-state index contributed by atoms with van der Waals surface area (Å²) in [6.45, 7) is 2.87. The topological polar surface area (TPSA) is 79.4 Å². The lowest BCUT2D eigenvalue weighted by Crippen LogP contribution is -2.36. The first-order valence-corrected chi connectivity index (χ1v) is 10.5. The van der Waals surface area contributed by atoms with Crippen LogP contribution < -0.4 is 5.32 Å². The van der Waals surface area contributed by atoms with Crippen molar-refractivity contribution < 1.29 is 13.2 Å². The summed E-state index contributed by atoms with van der Waals surface area (Å²) in [6.07, 6.45) is 2.78. The number of aromatic nitrogens is 1. The van der Waals surface area contributed by atoms with Gasteiger partial charge in [0.1, 0.15) is 9.77 Å². The Morgan fingerprint density at radius 2 is 2.00 bits per heavy atom. The molecular formula is C14H17N3O3S3. The molecule has 3 rings (SSSR count). The molecule has 0 atom stereocenters. The van der Waals surface area contributed by atoms with Gasteiger partial charge in [-0.15, -0.1) is 22.7 Å². The van der Waals surface area contributed by atoms with E-state index in [9.17, 15) is 13.2 Å². The zero-order chi connectivity index (χ0) is 16.4. The van der Waals surface area contributed by atoms with Crippen molar-refractivity contribution in [3.8, 4) is 0 Å². The number of hydrogen-bond donors (Lipinski definition) is 1. The molecule has 0 aliphatic carbocycles. The molecule has 0 aromatic carbocycles. The fourth-order valence-electron chi connectivity index (χ4n) is 2.48. The molecule has 0 spiro atoms. The quantitative estimate of drug-likeness (QED) is 0.896. The van der Waals surface area contributed by atoms with Crippen LogP contribution >= 0.6 is 22.7 Å². The van der Waals surface area contributed by atoms with E-state index in [2.05, 4.69) is 10.3 Å². The van der Waals surface area contributed by atoms with Crippen LogP contribution in [0.4, 0.5) is 5.13 Å². The van der Waals surface area contributed by atoms with Crippen LogP contribution in [0.25, 0.3) is 0 Å². The SMILES string of the molecule is Cc1csc(NC(=O)c2sccc2S(=O)(=O)N2CCCCC2)n1. The van der Waals surface area contributed by atoms with Crippen molar-refractivity contribution in [2.45, 2.75) is 31.1 Å². The van der Waals surface area contributed by atoms with E-state index in [-0.39, 0.29) is 9.77 Å². The van der Waals surface area contributed by atoms with E-state index in [0.29, 0.717) is 18.2 Å². The van der Waals surface area contributed by atoms with Crippen LogP contribution in [0.1, 0.15) is 34.6 Å². The van der Waals surface area contributed by atoms with Crippen LogP contribution in [0.5, 0.6) is 0 Å². The second kappa shape index (κ2) is 6.68. The molecule has 124 valence electrons. The van der Waals surface area contributed by atoms with Crippen LogP contribution in [0.2, 0.25) is 0 Å². The standard InChI is InChI=1S/C14H17N3O3S3/c1-10-9-22-14(15-10)16-13(18)12-11(5-8-21-12)23(19,20)17-6-3-2-4-7-17/h5,8-9H,2-4,6-7H2,1H3,(H,15,16,18). The zero-order valence-electron chi connectivity index (χ0n) is 12.6. The largest absolute Gasteiger partial charge is 0.297 e. The third kappa shape index (κ3) is 3.47. The predicted octanol–water partition coefficient (Wildman–Crippen LogP) is 2.94. The van der Waals surface area contributed by atoms with E-state index in [1.54, 1.807) is 5.38 Å². The molecule has 1 N–H and O–H groups in total. The molecule has 6 nitrogen and oxygen atoms in total. The van der Waals surface area contributed by atoms with Gasteiger partial charge in [-0.3, -0.25) is 10.1 Å². The number of thiazole rings is 1. The summed E-state index contributed by atoms with van der Waals surface area (Å²) in [5, 5.41) is 6.62. The Labute approximate surface area is 143 Å². The molecule has 2 aromatic heterocycles. The maximum atomic E-state index is 12.8. The summed E-state index contributed by atoms with van der Waals surface area (Å²) in [6, 6.07) is 1.51. The van der Waals surface area contributed by atoms with Crippen LogP contribution in [0.3, 0.4) is 0 Å². The molecule has 1 fully saturated rings. The summed E-state index contributed by atoms with van der Waals surface area (Å²) < 4.78 is 27.0. The molecule has 0 radical (unpaired) electrons. The molecule has 2 aromatic rings. The number of rotatable bonds is 4. The van der Waals surface area contributed by atoms with E-state index >= 15 is 0 Å². The van der Waals surface area contributed by atoms with Gasteiger partial charge in [-0.1, -0.05) is 6.42 Å². The number of aryl methyl sites for hydroxylation is 1. The van der Waals surface area contributed by atoms with Crippen LogP contribution in [0, 0.1) is 6.92 Å². The van der Waals surface area contributed by atoms with E-state index < -0.39 is 15.9 Å². The minimum Gasteiger partial charge on any atom is -0.297 e. The van der Waals surface area contributed by atoms with Gasteiger partial charge < -0.3 is 0 Å². The van der Waals surface area contributed by atoms with Crippen molar-refractivity contribution in [1.82, 2.24) is 9.29 Å². The van der Waals surface area contributed by atoms with Crippen molar-refractivity contribution >= 4 is 43.7 Å². The smallest absolute Gasteiger partial charge is 0.268 e. The van der Waals surface area contributed by atoms with E-state index in [0.717, 1.165) is 36.3 Å². The third-order valence-electron chi connectivity index (χ3n) is 3.61. The fraction of sp³-hybridized carbons (Fsp3) is 0.429. The first-order chi connectivity index (χ1) is 11.0. The minimum absolute atomic E-state index is 0.0928. The Kier molecular flexibility index (Phi) is 4.81. The van der Waals surface area contributed by atoms with Gasteiger partial charge in [0.15, 0.2) is 5.13 Å². The molecule has 23 heavy (non-hydrogen) atoms. The Morgan fingerprint density at radius 1 is 1.26 bits per heavy atom. The highest BCUT2D eigenvalue weighted by Crippen LogP contribution is 2.28. The molecule has 9 heteroatoms. The number of amides is 1. The number of thiophene rings is 1. The Hall–Kier alpha value is -1.29. The number of anilines is 1. The van der Waals surface area contributed by atoms with Gasteiger partial charge >= 0.3 is 0 Å². The lowest BCUT2D eigenvalue weighted by atomic mass is 10.2. The molecule has 1 amide bonds. The second-order valence-electron chi connectivity index (χ2n) is 5.33. The maximum Gasteiger partial charge on any atom is 0.268 e. The first kappa shape index (κ1) is 16.6. The normalized spacial score (nSPS) is 16.4. The molecule has 1 aliphatic heterocycles. The molecule has 0 saturated carbocycles. The van der Waals surface area contributed by atoms with E-state index in [1.165, 1.54) is 21.7 Å². The highest BCUT2D eigenvalue weighted by molar-refractivity contribution is 7.89. The summed E-state index contributed by atoms with van der Waals surface area (Å²) in [5.74, 6) is -0.426. The van der Waals surface area contributed by atoms with Crippen molar-refractivity contribution in [3.05, 3.63) is 27.4 Å². The van der Waals surface area contributed by atoms with Gasteiger partial charge in [0.2, 0.25) is 10.0 Å². The summed E-state index contributed by atoms with van der Waals surface area (Å²) in [4.78, 5) is 16.9. The number of nitrogens with one attached hydrogen (secondary N) is 1. The van der Waals surface area contributed by atoms with Crippen molar-refractivity contribution in [1.29, 1.82) is 0 Å². The van der Waals surface area contributed by atoms with Gasteiger partial charge in [-0.05, 0) is 31.2 Å². The summed E-state index contributed by atoms with van der Waals surface area (Å²) in [5.41, 5.74) is 0.817. The zero-order valence-corrected chi connectivity index (χ0v) is 15.1. The number of piperidine rings is 1. The van der Waals surface area contributed by atoms with Gasteiger partial charge in [0.25, 0.3) is 5.91 Å². The number of sulfonamides is 1. The van der Waals surface area contributed by atoms with Gasteiger partial charge in [-0.2, -0.15) is 4.31 Å².